The molecule has 192 valence electrons. The minimum absolute atomic E-state index is 0.0666. The number of rotatable bonds is 9. The van der Waals surface area contributed by atoms with E-state index in [1.54, 1.807) is 18.2 Å². The molecule has 3 aromatic carbocycles. The lowest BCUT2D eigenvalue weighted by Gasteiger charge is -2.26. The second-order valence-electron chi connectivity index (χ2n) is 9.36. The number of amides is 1. The zero-order valence-corrected chi connectivity index (χ0v) is 21.1. The Morgan fingerprint density at radius 1 is 1.00 bits per heavy atom. The molecule has 1 saturated heterocycles. The van der Waals surface area contributed by atoms with Crippen LogP contribution in [0.1, 0.15) is 43.0 Å². The van der Waals surface area contributed by atoms with Crippen molar-refractivity contribution in [2.75, 3.05) is 13.7 Å². The first kappa shape index (κ1) is 25.9. The van der Waals surface area contributed by atoms with Crippen LogP contribution in [0, 0.1) is 11.7 Å². The fraction of sp³-hybridized carbons (Fsp3) is 0.267. The maximum absolute atomic E-state index is 13.5. The minimum Gasteiger partial charge on any atom is -0.507 e. The van der Waals surface area contributed by atoms with Crippen molar-refractivity contribution in [3.8, 4) is 11.5 Å². The lowest BCUT2D eigenvalue weighted by molar-refractivity contribution is -0.140. The van der Waals surface area contributed by atoms with Crippen molar-refractivity contribution in [3.05, 3.63) is 101 Å². The highest BCUT2D eigenvalue weighted by Crippen LogP contribution is 2.42. The van der Waals surface area contributed by atoms with Gasteiger partial charge in [-0.3, -0.25) is 9.59 Å². The zero-order valence-electron chi connectivity index (χ0n) is 21.1. The molecule has 1 N–H and O–H groups in total. The number of Topliss-reactive ketones (excluding diaryl/α,β-unsaturated/α-hetero) is 1. The number of ether oxygens (including phenoxy) is 2. The highest BCUT2D eigenvalue weighted by molar-refractivity contribution is 6.46. The van der Waals surface area contributed by atoms with Crippen molar-refractivity contribution in [2.45, 2.75) is 32.9 Å². The van der Waals surface area contributed by atoms with Crippen molar-refractivity contribution in [3.63, 3.8) is 0 Å². The number of hydrogen-bond donors (Lipinski definition) is 1. The van der Waals surface area contributed by atoms with E-state index in [1.165, 1.54) is 36.3 Å². The second kappa shape index (κ2) is 11.3. The number of carbonyl (C=O) groups is 2. The largest absolute Gasteiger partial charge is 0.507 e. The number of halogens is 1. The minimum atomic E-state index is -0.885. The molecule has 7 heteroatoms. The van der Waals surface area contributed by atoms with E-state index in [2.05, 4.69) is 13.8 Å². The lowest BCUT2D eigenvalue weighted by atomic mass is 9.94. The molecule has 1 aliphatic heterocycles. The molecule has 1 atom stereocenters. The van der Waals surface area contributed by atoms with Crippen LogP contribution in [-0.2, 0) is 16.1 Å². The monoisotopic (exact) mass is 503 g/mol. The zero-order chi connectivity index (χ0) is 26.5. The van der Waals surface area contributed by atoms with E-state index in [4.69, 9.17) is 9.47 Å². The van der Waals surface area contributed by atoms with E-state index >= 15 is 0 Å². The molecular weight excluding hydrogens is 473 g/mol. The molecule has 0 bridgehead atoms. The quantitative estimate of drug-likeness (QED) is 0.224. The van der Waals surface area contributed by atoms with E-state index < -0.39 is 23.5 Å². The summed E-state index contributed by atoms with van der Waals surface area (Å²) in [6, 6.07) is 18.8. The highest BCUT2D eigenvalue weighted by Gasteiger charge is 2.46. The fourth-order valence-electron chi connectivity index (χ4n) is 4.31. The molecule has 0 aliphatic carbocycles. The van der Waals surface area contributed by atoms with E-state index in [-0.39, 0.29) is 23.4 Å². The summed E-state index contributed by atoms with van der Waals surface area (Å²) in [5.74, 6) is -0.897. The summed E-state index contributed by atoms with van der Waals surface area (Å²) in [6.07, 6.45) is 0.875. The Kier molecular flexibility index (Phi) is 7.92. The average Bonchev–Trinajstić information content (AvgIpc) is 3.14. The Morgan fingerprint density at radius 2 is 1.70 bits per heavy atom. The van der Waals surface area contributed by atoms with Crippen molar-refractivity contribution in [2.24, 2.45) is 5.92 Å². The summed E-state index contributed by atoms with van der Waals surface area (Å²) >= 11 is 0. The first-order valence-corrected chi connectivity index (χ1v) is 12.2. The molecule has 1 unspecified atom stereocenters. The standard InChI is InChI=1S/C30H30FNO5/c1-19(2)15-16-37-24-14-11-22(17-25(24)36-3)27-26(28(33)21-9-12-23(31)13-10-21)29(34)30(35)32(27)18-20-7-5-4-6-8-20/h4-14,17,19,27,33H,15-16,18H2,1-3H3. The maximum Gasteiger partial charge on any atom is 0.295 e. The molecule has 3 aromatic rings. The van der Waals surface area contributed by atoms with Crippen LogP contribution in [0.2, 0.25) is 0 Å². The van der Waals surface area contributed by atoms with Crippen LogP contribution in [0.3, 0.4) is 0 Å². The van der Waals surface area contributed by atoms with Gasteiger partial charge >= 0.3 is 0 Å². The SMILES string of the molecule is COc1cc(C2C(=C(O)c3ccc(F)cc3)C(=O)C(=O)N2Cc2ccccc2)ccc1OCCC(C)C. The van der Waals surface area contributed by atoms with Crippen molar-refractivity contribution in [1.82, 2.24) is 4.90 Å². The Bertz CT molecular complexity index is 1300. The lowest BCUT2D eigenvalue weighted by Crippen LogP contribution is -2.29. The Hall–Kier alpha value is -4.13. The van der Waals surface area contributed by atoms with Crippen LogP contribution in [-0.4, -0.2) is 35.4 Å². The summed E-state index contributed by atoms with van der Waals surface area (Å²) in [6.45, 7) is 4.90. The predicted octanol–water partition coefficient (Wildman–Crippen LogP) is 5.88. The van der Waals surface area contributed by atoms with Crippen molar-refractivity contribution >= 4 is 17.4 Å². The van der Waals surface area contributed by atoms with Crippen LogP contribution in [0.25, 0.3) is 5.76 Å². The number of methoxy groups -OCH3 is 1. The summed E-state index contributed by atoms with van der Waals surface area (Å²) in [5.41, 5.74) is 1.58. The first-order valence-electron chi connectivity index (χ1n) is 12.2. The normalized spacial score (nSPS) is 16.9. The Morgan fingerprint density at radius 3 is 2.35 bits per heavy atom. The molecule has 37 heavy (non-hydrogen) atoms. The van der Waals surface area contributed by atoms with Gasteiger partial charge in [-0.25, -0.2) is 4.39 Å². The Balaban J connectivity index is 1.80. The van der Waals surface area contributed by atoms with Gasteiger partial charge in [0.25, 0.3) is 11.7 Å². The number of benzene rings is 3. The molecular formula is C30H30FNO5. The van der Waals surface area contributed by atoms with Gasteiger partial charge in [-0.2, -0.15) is 0 Å². The maximum atomic E-state index is 13.5. The van der Waals surface area contributed by atoms with Gasteiger partial charge < -0.3 is 19.5 Å². The number of ketones is 1. The van der Waals surface area contributed by atoms with E-state index in [0.29, 0.717) is 29.6 Å². The molecule has 0 aromatic heterocycles. The molecule has 6 nitrogen and oxygen atoms in total. The van der Waals surface area contributed by atoms with Gasteiger partial charge in [0.2, 0.25) is 0 Å². The van der Waals surface area contributed by atoms with Gasteiger partial charge in [0.15, 0.2) is 11.5 Å². The Labute approximate surface area is 215 Å². The molecule has 1 aliphatic rings. The summed E-state index contributed by atoms with van der Waals surface area (Å²) in [5, 5.41) is 11.2. The van der Waals surface area contributed by atoms with Crippen molar-refractivity contribution in [1.29, 1.82) is 0 Å². The van der Waals surface area contributed by atoms with Crippen LogP contribution in [0.4, 0.5) is 4.39 Å². The van der Waals surface area contributed by atoms with Gasteiger partial charge in [-0.15, -0.1) is 0 Å². The number of hydrogen-bond acceptors (Lipinski definition) is 5. The van der Waals surface area contributed by atoms with E-state index in [9.17, 15) is 19.1 Å². The molecule has 4 rings (SSSR count). The van der Waals surface area contributed by atoms with E-state index in [0.717, 1.165) is 12.0 Å². The van der Waals surface area contributed by atoms with E-state index in [1.807, 2.05) is 30.3 Å². The number of aliphatic hydroxyl groups excluding tert-OH is 1. The van der Waals surface area contributed by atoms with Crippen molar-refractivity contribution < 1.29 is 28.6 Å². The molecule has 0 spiro atoms. The molecule has 1 fully saturated rings. The topological polar surface area (TPSA) is 76.1 Å². The van der Waals surface area contributed by atoms with Crippen LogP contribution < -0.4 is 9.47 Å². The number of carbonyl (C=O) groups excluding carboxylic acids is 2. The third-order valence-corrected chi connectivity index (χ3v) is 6.31. The second-order valence-corrected chi connectivity index (χ2v) is 9.36. The summed E-state index contributed by atoms with van der Waals surface area (Å²) < 4.78 is 25.0. The number of aliphatic hydroxyl groups is 1. The molecule has 0 saturated carbocycles. The highest BCUT2D eigenvalue weighted by atomic mass is 19.1. The van der Waals surface area contributed by atoms with Gasteiger partial charge in [0.1, 0.15) is 11.6 Å². The predicted molar refractivity (Wildman–Crippen MR) is 139 cm³/mol. The number of nitrogens with zero attached hydrogens (tertiary/aromatic N) is 1. The molecule has 0 radical (unpaired) electrons. The number of likely N-dealkylation sites (tertiary alicyclic amines) is 1. The third kappa shape index (κ3) is 5.66. The van der Waals surface area contributed by atoms with Crippen LogP contribution >= 0.6 is 0 Å². The fourth-order valence-corrected chi connectivity index (χ4v) is 4.31. The molecule has 1 heterocycles. The van der Waals surface area contributed by atoms with Gasteiger partial charge in [-0.1, -0.05) is 50.2 Å². The van der Waals surface area contributed by atoms with Gasteiger partial charge in [0, 0.05) is 12.1 Å². The van der Waals surface area contributed by atoms with Gasteiger partial charge in [0.05, 0.1) is 25.3 Å². The summed E-state index contributed by atoms with van der Waals surface area (Å²) in [7, 11) is 1.52. The average molecular weight is 504 g/mol. The van der Waals surface area contributed by atoms with Crippen LogP contribution in [0.15, 0.2) is 78.4 Å². The smallest absolute Gasteiger partial charge is 0.295 e. The third-order valence-electron chi connectivity index (χ3n) is 6.31. The first-order chi connectivity index (χ1) is 17.8. The molecule has 1 amide bonds. The van der Waals surface area contributed by atoms with Gasteiger partial charge in [-0.05, 0) is 59.9 Å². The summed E-state index contributed by atoms with van der Waals surface area (Å²) in [4.78, 5) is 27.9. The van der Waals surface area contributed by atoms with Crippen LogP contribution in [0.5, 0.6) is 11.5 Å².